The largest absolute Gasteiger partial charge is 0.466 e. The lowest BCUT2D eigenvalue weighted by molar-refractivity contribution is -0.302. The second kappa shape index (κ2) is 73.1. The molecule has 7 atom stereocenters. The summed E-state index contributed by atoms with van der Waals surface area (Å²) >= 11 is 0. The van der Waals surface area contributed by atoms with Crippen LogP contribution in [-0.2, 0) is 23.8 Å². The maximum atomic E-state index is 13.1. The molecular formula is C84H159NO10. The Balaban J connectivity index is 1.89. The van der Waals surface area contributed by atoms with Gasteiger partial charge in [0.2, 0.25) is 5.91 Å². The molecule has 0 aromatic rings. The fraction of sp³-hybridized carbons (Fsp3) is 0.905. The molecule has 1 rings (SSSR count). The van der Waals surface area contributed by atoms with E-state index >= 15 is 0 Å². The number of aliphatic hydroxyl groups is 5. The fourth-order valence-electron chi connectivity index (χ4n) is 13.4. The Hall–Kier alpha value is -2.12. The summed E-state index contributed by atoms with van der Waals surface area (Å²) in [5, 5.41) is 54.6. The number of nitrogens with one attached hydrogen (secondary N) is 1. The highest BCUT2D eigenvalue weighted by Gasteiger charge is 2.44. The van der Waals surface area contributed by atoms with Crippen LogP contribution in [0.4, 0.5) is 0 Å². The summed E-state index contributed by atoms with van der Waals surface area (Å²) in [4.78, 5) is 25.2. The smallest absolute Gasteiger partial charge is 0.305 e. The molecule has 0 spiro atoms. The minimum Gasteiger partial charge on any atom is -0.466 e. The predicted octanol–water partition coefficient (Wildman–Crippen LogP) is 22.9. The number of hydrogen-bond acceptors (Lipinski definition) is 10. The van der Waals surface area contributed by atoms with E-state index in [-0.39, 0.29) is 18.5 Å². The van der Waals surface area contributed by atoms with Gasteiger partial charge in [-0.05, 0) is 83.5 Å². The van der Waals surface area contributed by atoms with Gasteiger partial charge in [-0.25, -0.2) is 0 Å². The van der Waals surface area contributed by atoms with E-state index in [4.69, 9.17) is 14.2 Å². The lowest BCUT2D eigenvalue weighted by Gasteiger charge is -2.40. The SMILES string of the molecule is CCCCCCC/C=C\CCCCCCCC(=O)OCCCCCCCCCCCCCCCCCCCC/C=C\CCCCCCCCCCCCCCCCCCCC(=O)NC(COC1OC(CO)C(O)C(O)C1O)C(O)/C=C/CCCCCCCCCCCCCC. The van der Waals surface area contributed by atoms with Crippen LogP contribution >= 0.6 is 0 Å². The van der Waals surface area contributed by atoms with Crippen molar-refractivity contribution < 1.29 is 49.3 Å². The topological polar surface area (TPSA) is 175 Å². The third-order valence-electron chi connectivity index (χ3n) is 20.0. The molecule has 95 heavy (non-hydrogen) atoms. The molecule has 11 heteroatoms. The van der Waals surface area contributed by atoms with E-state index in [9.17, 15) is 35.1 Å². The Morgan fingerprint density at radius 1 is 0.379 bits per heavy atom. The summed E-state index contributed by atoms with van der Waals surface area (Å²) in [6.07, 6.45) is 86.1. The van der Waals surface area contributed by atoms with Crippen LogP contribution in [0.3, 0.4) is 0 Å². The third kappa shape index (κ3) is 61.5. The van der Waals surface area contributed by atoms with E-state index in [2.05, 4.69) is 43.5 Å². The molecule has 1 fully saturated rings. The van der Waals surface area contributed by atoms with E-state index in [1.807, 2.05) is 6.08 Å². The Labute approximate surface area is 587 Å². The summed E-state index contributed by atoms with van der Waals surface area (Å²) in [5.41, 5.74) is 0. The third-order valence-corrected chi connectivity index (χ3v) is 20.0. The lowest BCUT2D eigenvalue weighted by atomic mass is 9.99. The van der Waals surface area contributed by atoms with Crippen LogP contribution in [0, 0.1) is 0 Å². The molecule has 1 aliphatic rings. The maximum absolute atomic E-state index is 13.1. The number of allylic oxidation sites excluding steroid dienone is 5. The van der Waals surface area contributed by atoms with E-state index in [1.54, 1.807) is 6.08 Å². The van der Waals surface area contributed by atoms with Crippen molar-refractivity contribution in [2.24, 2.45) is 0 Å². The monoisotopic (exact) mass is 1340 g/mol. The number of esters is 1. The van der Waals surface area contributed by atoms with Gasteiger partial charge in [0.25, 0.3) is 0 Å². The zero-order valence-corrected chi connectivity index (χ0v) is 62.7. The first-order valence-corrected chi connectivity index (χ1v) is 41.8. The molecule has 0 aromatic carbocycles. The second-order valence-corrected chi connectivity index (χ2v) is 29.2. The van der Waals surface area contributed by atoms with Crippen molar-refractivity contribution in [1.29, 1.82) is 0 Å². The first kappa shape index (κ1) is 90.9. The van der Waals surface area contributed by atoms with E-state index in [0.717, 1.165) is 57.8 Å². The number of unbranched alkanes of at least 4 members (excludes halogenated alkanes) is 57. The highest BCUT2D eigenvalue weighted by molar-refractivity contribution is 5.76. The van der Waals surface area contributed by atoms with Gasteiger partial charge in [0.15, 0.2) is 6.29 Å². The van der Waals surface area contributed by atoms with Crippen LogP contribution in [0.1, 0.15) is 425 Å². The first-order chi connectivity index (χ1) is 46.7. The molecule has 11 nitrogen and oxygen atoms in total. The highest BCUT2D eigenvalue weighted by Crippen LogP contribution is 2.24. The minimum absolute atomic E-state index is 0.00886. The van der Waals surface area contributed by atoms with Gasteiger partial charge in [-0.3, -0.25) is 9.59 Å². The van der Waals surface area contributed by atoms with Crippen LogP contribution in [0.25, 0.3) is 0 Å². The Morgan fingerprint density at radius 2 is 0.674 bits per heavy atom. The maximum Gasteiger partial charge on any atom is 0.305 e. The number of carbonyl (C=O) groups is 2. The summed E-state index contributed by atoms with van der Waals surface area (Å²) in [5.74, 6) is -0.165. The van der Waals surface area contributed by atoms with Gasteiger partial charge >= 0.3 is 5.97 Å². The standard InChI is InChI=1S/C84H159NO10/c1-3-5-7-9-11-13-15-17-46-50-54-58-62-66-70-77(87)76(75-94-84-83(92)82(91)81(90)78(74-86)95-84)85-79(88)71-67-63-59-55-51-47-44-42-40-38-36-34-32-30-28-26-24-22-20-19-21-23-25-27-29-31-33-35-37-39-41-43-45-49-53-57-61-65-69-73-93-80(89)72-68-64-60-56-52-48-18-16-14-12-10-8-6-4-2/h16,18-20,66,70,76-78,81-84,86-87,90-92H,3-15,17,21-65,67-69,71-75H2,1-2H3,(H,85,88)/b18-16-,20-19-,70-66+. The number of hydrogen-bond donors (Lipinski definition) is 6. The van der Waals surface area contributed by atoms with Gasteiger partial charge in [-0.15, -0.1) is 0 Å². The molecule has 560 valence electrons. The average molecular weight is 1340 g/mol. The summed E-state index contributed by atoms with van der Waals surface area (Å²) in [7, 11) is 0. The zero-order valence-electron chi connectivity index (χ0n) is 62.7. The van der Waals surface area contributed by atoms with Gasteiger partial charge < -0.3 is 45.1 Å². The lowest BCUT2D eigenvalue weighted by Crippen LogP contribution is -2.60. The molecule has 6 N–H and O–H groups in total. The predicted molar refractivity (Wildman–Crippen MR) is 403 cm³/mol. The van der Waals surface area contributed by atoms with Gasteiger partial charge in [0, 0.05) is 12.8 Å². The molecule has 7 unspecified atom stereocenters. The van der Waals surface area contributed by atoms with Crippen molar-refractivity contribution in [2.75, 3.05) is 19.8 Å². The molecule has 0 aromatic heterocycles. The molecule has 0 bridgehead atoms. The molecule has 0 aliphatic carbocycles. The molecule has 1 heterocycles. The second-order valence-electron chi connectivity index (χ2n) is 29.2. The van der Waals surface area contributed by atoms with Crippen LogP contribution < -0.4 is 5.32 Å². The van der Waals surface area contributed by atoms with Gasteiger partial charge in [0.05, 0.1) is 32.0 Å². The van der Waals surface area contributed by atoms with Crippen molar-refractivity contribution in [3.63, 3.8) is 0 Å². The summed E-state index contributed by atoms with van der Waals surface area (Å²) < 4.78 is 16.8. The quantitative estimate of drug-likeness (QED) is 0.0195. The van der Waals surface area contributed by atoms with Crippen molar-refractivity contribution >= 4 is 11.9 Å². The van der Waals surface area contributed by atoms with Gasteiger partial charge in [-0.2, -0.15) is 0 Å². The average Bonchev–Trinajstić information content (AvgIpc) is 0.840. The normalized spacial score (nSPS) is 17.5. The van der Waals surface area contributed by atoms with Crippen molar-refractivity contribution in [2.45, 2.75) is 468 Å². The van der Waals surface area contributed by atoms with Crippen molar-refractivity contribution in [3.05, 3.63) is 36.5 Å². The highest BCUT2D eigenvalue weighted by atomic mass is 16.7. The van der Waals surface area contributed by atoms with Crippen LogP contribution in [0.2, 0.25) is 0 Å². The zero-order chi connectivity index (χ0) is 68.6. The molecule has 0 saturated carbocycles. The number of aliphatic hydroxyl groups excluding tert-OH is 5. The van der Waals surface area contributed by atoms with Crippen LogP contribution in [0.5, 0.6) is 0 Å². The van der Waals surface area contributed by atoms with E-state index < -0.39 is 49.5 Å². The number of ether oxygens (including phenoxy) is 3. The van der Waals surface area contributed by atoms with Crippen LogP contribution in [-0.4, -0.2) is 100 Å². The molecule has 1 saturated heterocycles. The summed E-state index contributed by atoms with van der Waals surface area (Å²) in [6.45, 7) is 4.39. The van der Waals surface area contributed by atoms with Crippen molar-refractivity contribution in [1.82, 2.24) is 5.32 Å². The first-order valence-electron chi connectivity index (χ1n) is 41.8. The van der Waals surface area contributed by atoms with Gasteiger partial charge in [-0.1, -0.05) is 365 Å². The van der Waals surface area contributed by atoms with Gasteiger partial charge in [0.1, 0.15) is 24.4 Å². The number of carbonyl (C=O) groups excluding carboxylic acids is 2. The molecule has 0 radical (unpaired) electrons. The molecule has 1 aliphatic heterocycles. The van der Waals surface area contributed by atoms with E-state index in [1.165, 1.54) is 340 Å². The van der Waals surface area contributed by atoms with Crippen molar-refractivity contribution in [3.8, 4) is 0 Å². The number of amides is 1. The summed E-state index contributed by atoms with van der Waals surface area (Å²) in [6, 6.07) is -0.807. The Morgan fingerprint density at radius 3 is 1.01 bits per heavy atom. The fourth-order valence-corrected chi connectivity index (χ4v) is 13.4. The Kier molecular flexibility index (Phi) is 69.9. The minimum atomic E-state index is -1.57. The molecule has 1 amide bonds. The van der Waals surface area contributed by atoms with E-state index in [0.29, 0.717) is 19.4 Å². The Bertz CT molecular complexity index is 1670. The number of rotatable bonds is 75. The molecular weight excluding hydrogens is 1180 g/mol. The van der Waals surface area contributed by atoms with Crippen LogP contribution in [0.15, 0.2) is 36.5 Å².